The van der Waals surface area contributed by atoms with Crippen molar-refractivity contribution in [1.29, 1.82) is 0 Å². The van der Waals surface area contributed by atoms with Crippen molar-refractivity contribution in [2.45, 2.75) is 38.1 Å². The van der Waals surface area contributed by atoms with Gasteiger partial charge in [-0.15, -0.1) is 0 Å². The van der Waals surface area contributed by atoms with Crippen LogP contribution in [0.25, 0.3) is 0 Å². The number of halogens is 1. The first-order valence-corrected chi connectivity index (χ1v) is 7.26. The van der Waals surface area contributed by atoms with E-state index in [1.807, 2.05) is 6.07 Å². The Morgan fingerprint density at radius 1 is 1.39 bits per heavy atom. The molecule has 3 heteroatoms. The van der Waals surface area contributed by atoms with Gasteiger partial charge in [-0.25, -0.2) is 0 Å². The zero-order valence-corrected chi connectivity index (χ0v) is 12.4. The van der Waals surface area contributed by atoms with E-state index in [0.717, 1.165) is 23.1 Å². The van der Waals surface area contributed by atoms with Crippen LogP contribution < -0.4 is 10.5 Å². The highest BCUT2D eigenvalue weighted by Crippen LogP contribution is 2.28. The molecule has 18 heavy (non-hydrogen) atoms. The fourth-order valence-corrected chi connectivity index (χ4v) is 3.02. The van der Waals surface area contributed by atoms with E-state index in [1.165, 1.54) is 30.4 Å². The molecule has 1 aliphatic rings. The maximum Gasteiger partial charge on any atom is 0.133 e. The third-order valence-corrected chi connectivity index (χ3v) is 4.00. The van der Waals surface area contributed by atoms with Crippen molar-refractivity contribution in [2.75, 3.05) is 7.11 Å². The van der Waals surface area contributed by atoms with Gasteiger partial charge >= 0.3 is 0 Å². The van der Waals surface area contributed by atoms with Crippen LogP contribution in [0.4, 0.5) is 0 Å². The normalized spacial score (nSPS) is 20.2. The van der Waals surface area contributed by atoms with Crippen molar-refractivity contribution >= 4 is 15.9 Å². The number of nitrogens with two attached hydrogens (primary N) is 1. The van der Waals surface area contributed by atoms with E-state index in [1.54, 1.807) is 7.11 Å². The van der Waals surface area contributed by atoms with Crippen molar-refractivity contribution in [3.63, 3.8) is 0 Å². The van der Waals surface area contributed by atoms with Crippen molar-refractivity contribution < 1.29 is 4.74 Å². The maximum absolute atomic E-state index is 6.05. The lowest BCUT2D eigenvalue weighted by Crippen LogP contribution is -2.16. The molecular weight excluding hydrogens is 290 g/mol. The lowest BCUT2D eigenvalue weighted by atomic mass is 10.0. The van der Waals surface area contributed by atoms with Crippen molar-refractivity contribution in [3.05, 3.63) is 39.9 Å². The SMILES string of the molecule is COc1ccc(CC2=CC(N)CCCC2)cc1Br. The molecule has 1 aromatic carbocycles. The number of rotatable bonds is 3. The summed E-state index contributed by atoms with van der Waals surface area (Å²) in [6.45, 7) is 0. The minimum Gasteiger partial charge on any atom is -0.496 e. The predicted molar refractivity (Wildman–Crippen MR) is 78.9 cm³/mol. The summed E-state index contributed by atoms with van der Waals surface area (Å²) in [4.78, 5) is 0. The Balaban J connectivity index is 2.11. The van der Waals surface area contributed by atoms with E-state index in [2.05, 4.69) is 34.1 Å². The van der Waals surface area contributed by atoms with Gasteiger partial charge in [-0.2, -0.15) is 0 Å². The summed E-state index contributed by atoms with van der Waals surface area (Å²) < 4.78 is 6.26. The summed E-state index contributed by atoms with van der Waals surface area (Å²) in [6.07, 6.45) is 8.05. The number of hydrogen-bond donors (Lipinski definition) is 1. The lowest BCUT2D eigenvalue weighted by molar-refractivity contribution is 0.412. The van der Waals surface area contributed by atoms with E-state index in [0.29, 0.717) is 0 Å². The molecule has 0 aromatic heterocycles. The molecule has 0 fully saturated rings. The summed E-state index contributed by atoms with van der Waals surface area (Å²) in [5.74, 6) is 0.880. The molecule has 1 unspecified atom stereocenters. The zero-order chi connectivity index (χ0) is 13.0. The van der Waals surface area contributed by atoms with Crippen LogP contribution in [-0.2, 0) is 6.42 Å². The number of methoxy groups -OCH3 is 1. The number of hydrogen-bond acceptors (Lipinski definition) is 2. The summed E-state index contributed by atoms with van der Waals surface area (Å²) in [7, 11) is 1.69. The minimum absolute atomic E-state index is 0.240. The summed E-state index contributed by atoms with van der Waals surface area (Å²) in [5.41, 5.74) is 8.83. The molecule has 0 amide bonds. The number of ether oxygens (including phenoxy) is 1. The first kappa shape index (κ1) is 13.6. The van der Waals surface area contributed by atoms with Crippen LogP contribution in [0.2, 0.25) is 0 Å². The highest BCUT2D eigenvalue weighted by Gasteiger charge is 2.10. The quantitative estimate of drug-likeness (QED) is 0.861. The molecule has 0 bridgehead atoms. The molecule has 98 valence electrons. The van der Waals surface area contributed by atoms with Gasteiger partial charge in [0.15, 0.2) is 0 Å². The molecule has 0 radical (unpaired) electrons. The minimum atomic E-state index is 0.240. The smallest absolute Gasteiger partial charge is 0.133 e. The standard InChI is InChI=1S/C15H20BrNO/c1-18-15-7-6-12(10-14(15)16)8-11-4-2-3-5-13(17)9-11/h6-7,9-10,13H,2-5,8,17H2,1H3. The largest absolute Gasteiger partial charge is 0.496 e. The van der Waals surface area contributed by atoms with Gasteiger partial charge in [0.2, 0.25) is 0 Å². The van der Waals surface area contributed by atoms with Gasteiger partial charge in [0.25, 0.3) is 0 Å². The van der Waals surface area contributed by atoms with Gasteiger partial charge in [-0.3, -0.25) is 0 Å². The number of benzene rings is 1. The third-order valence-electron chi connectivity index (χ3n) is 3.38. The van der Waals surface area contributed by atoms with Gasteiger partial charge in [0, 0.05) is 6.04 Å². The summed E-state index contributed by atoms with van der Waals surface area (Å²) in [5, 5.41) is 0. The Kier molecular flexibility index (Phi) is 4.84. The van der Waals surface area contributed by atoms with Gasteiger partial charge in [-0.1, -0.05) is 24.1 Å². The fraction of sp³-hybridized carbons (Fsp3) is 0.467. The molecule has 2 nitrogen and oxygen atoms in total. The molecule has 0 saturated heterocycles. The maximum atomic E-state index is 6.05. The molecule has 2 rings (SSSR count). The van der Waals surface area contributed by atoms with Crippen molar-refractivity contribution in [3.8, 4) is 5.75 Å². The second kappa shape index (κ2) is 6.39. The van der Waals surface area contributed by atoms with Crippen molar-refractivity contribution in [2.24, 2.45) is 5.73 Å². The molecule has 0 heterocycles. The Morgan fingerprint density at radius 3 is 2.94 bits per heavy atom. The molecule has 1 aromatic rings. The number of allylic oxidation sites excluding steroid dienone is 1. The second-order valence-electron chi connectivity index (χ2n) is 4.88. The Labute approximate surface area is 117 Å². The van der Waals surface area contributed by atoms with Crippen LogP contribution in [0.15, 0.2) is 34.3 Å². The zero-order valence-electron chi connectivity index (χ0n) is 10.8. The second-order valence-corrected chi connectivity index (χ2v) is 5.73. The third kappa shape index (κ3) is 3.59. The lowest BCUT2D eigenvalue weighted by Gasteiger charge is -2.09. The Morgan fingerprint density at radius 2 is 2.22 bits per heavy atom. The molecule has 1 atom stereocenters. The predicted octanol–water partition coefficient (Wildman–Crippen LogP) is 3.83. The van der Waals surface area contributed by atoms with Crippen LogP contribution in [0.1, 0.15) is 31.2 Å². The van der Waals surface area contributed by atoms with E-state index in [-0.39, 0.29) is 6.04 Å². The summed E-state index contributed by atoms with van der Waals surface area (Å²) >= 11 is 3.53. The van der Waals surface area contributed by atoms with Gasteiger partial charge < -0.3 is 10.5 Å². The van der Waals surface area contributed by atoms with Crippen LogP contribution >= 0.6 is 15.9 Å². The van der Waals surface area contributed by atoms with Crippen LogP contribution in [0, 0.1) is 0 Å². The molecule has 0 aliphatic heterocycles. The first-order chi connectivity index (χ1) is 8.69. The van der Waals surface area contributed by atoms with Crippen LogP contribution in [0.3, 0.4) is 0 Å². The average molecular weight is 310 g/mol. The first-order valence-electron chi connectivity index (χ1n) is 6.46. The van der Waals surface area contributed by atoms with Gasteiger partial charge in [0.1, 0.15) is 5.75 Å². The van der Waals surface area contributed by atoms with E-state index in [4.69, 9.17) is 10.5 Å². The Bertz CT molecular complexity index is 442. The molecule has 1 aliphatic carbocycles. The topological polar surface area (TPSA) is 35.2 Å². The van der Waals surface area contributed by atoms with E-state index >= 15 is 0 Å². The summed E-state index contributed by atoms with van der Waals surface area (Å²) in [6, 6.07) is 6.51. The molecular formula is C15H20BrNO. The molecule has 2 N–H and O–H groups in total. The van der Waals surface area contributed by atoms with Crippen molar-refractivity contribution in [1.82, 2.24) is 0 Å². The van der Waals surface area contributed by atoms with E-state index < -0.39 is 0 Å². The van der Waals surface area contributed by atoms with Crippen LogP contribution in [-0.4, -0.2) is 13.2 Å². The van der Waals surface area contributed by atoms with Crippen LogP contribution in [0.5, 0.6) is 5.75 Å². The van der Waals surface area contributed by atoms with E-state index in [9.17, 15) is 0 Å². The average Bonchev–Trinajstić information content (AvgIpc) is 2.54. The highest BCUT2D eigenvalue weighted by atomic mass is 79.9. The molecule has 0 spiro atoms. The van der Waals surface area contributed by atoms with Gasteiger partial charge in [-0.05, 0) is 59.3 Å². The highest BCUT2D eigenvalue weighted by molar-refractivity contribution is 9.10. The fourth-order valence-electron chi connectivity index (χ4n) is 2.43. The van der Waals surface area contributed by atoms with Gasteiger partial charge in [0.05, 0.1) is 11.6 Å². The monoisotopic (exact) mass is 309 g/mol. The molecule has 0 saturated carbocycles. The Hall–Kier alpha value is -0.800.